The van der Waals surface area contributed by atoms with Crippen molar-refractivity contribution in [2.75, 3.05) is 0 Å². The summed E-state index contributed by atoms with van der Waals surface area (Å²) in [5.41, 5.74) is 2.25. The van der Waals surface area contributed by atoms with Gasteiger partial charge in [-0.1, -0.05) is 38.7 Å². The maximum absolute atomic E-state index is 12.4. The maximum atomic E-state index is 12.4. The lowest BCUT2D eigenvalue weighted by molar-refractivity contribution is 0.0892. The Labute approximate surface area is 123 Å². The zero-order valence-electron chi connectivity index (χ0n) is 11.0. The number of fused-ring (bicyclic) bond motifs is 1. The van der Waals surface area contributed by atoms with E-state index in [4.69, 9.17) is 0 Å². The van der Waals surface area contributed by atoms with E-state index >= 15 is 0 Å². The third-order valence-electron chi connectivity index (χ3n) is 3.87. The van der Waals surface area contributed by atoms with Gasteiger partial charge in [-0.15, -0.1) is 0 Å². The number of ketones is 1. The lowest BCUT2D eigenvalue weighted by Gasteiger charge is -2.23. The van der Waals surface area contributed by atoms with Crippen LogP contribution in [0.15, 0.2) is 18.2 Å². The molecule has 2 rings (SSSR count). The SMILES string of the molecule is CCCCCCC1CCc2cc(I)ccc2C1=O. The number of unbranched alkanes of at least 4 members (excludes halogenated alkanes) is 3. The molecular formula is C16H21IO. The Kier molecular flexibility index (Phi) is 5.22. The molecule has 98 valence electrons. The predicted molar refractivity (Wildman–Crippen MR) is 84.1 cm³/mol. The smallest absolute Gasteiger partial charge is 0.166 e. The maximum Gasteiger partial charge on any atom is 0.166 e. The first kappa shape index (κ1) is 14.0. The summed E-state index contributed by atoms with van der Waals surface area (Å²) in [5.74, 6) is 0.679. The van der Waals surface area contributed by atoms with Crippen molar-refractivity contribution < 1.29 is 4.79 Å². The van der Waals surface area contributed by atoms with Gasteiger partial charge in [-0.2, -0.15) is 0 Å². The van der Waals surface area contributed by atoms with Crippen molar-refractivity contribution in [3.8, 4) is 0 Å². The van der Waals surface area contributed by atoms with Crippen molar-refractivity contribution in [2.45, 2.75) is 51.9 Å². The van der Waals surface area contributed by atoms with Gasteiger partial charge in [0.15, 0.2) is 5.78 Å². The molecule has 0 fully saturated rings. The second kappa shape index (κ2) is 6.69. The van der Waals surface area contributed by atoms with Crippen LogP contribution < -0.4 is 0 Å². The number of rotatable bonds is 5. The Hall–Kier alpha value is -0.380. The van der Waals surface area contributed by atoms with Crippen LogP contribution in [0.3, 0.4) is 0 Å². The highest BCUT2D eigenvalue weighted by Gasteiger charge is 2.26. The first-order chi connectivity index (χ1) is 8.72. The number of hydrogen-bond acceptors (Lipinski definition) is 1. The zero-order valence-corrected chi connectivity index (χ0v) is 13.2. The molecule has 0 aromatic heterocycles. The number of Topliss-reactive ketones (excluding diaryl/α,β-unsaturated/α-hetero) is 1. The standard InChI is InChI=1S/C16H21IO/c1-2-3-4-5-6-12-7-8-13-11-14(17)9-10-15(13)16(12)18/h9-12H,2-8H2,1H3. The molecule has 1 nitrogen and oxygen atoms in total. The van der Waals surface area contributed by atoms with Gasteiger partial charge in [0.05, 0.1) is 0 Å². The average Bonchev–Trinajstić information content (AvgIpc) is 2.37. The Morgan fingerprint density at radius 2 is 2.11 bits per heavy atom. The number of carbonyl (C=O) groups is 1. The van der Waals surface area contributed by atoms with Gasteiger partial charge < -0.3 is 0 Å². The van der Waals surface area contributed by atoms with Crippen LogP contribution in [0.25, 0.3) is 0 Å². The lowest BCUT2D eigenvalue weighted by Crippen LogP contribution is -2.22. The molecule has 0 N–H and O–H groups in total. The number of aryl methyl sites for hydroxylation is 1. The molecule has 1 aromatic rings. The van der Waals surface area contributed by atoms with Crippen molar-refractivity contribution >= 4 is 28.4 Å². The number of halogens is 1. The summed E-state index contributed by atoms with van der Waals surface area (Å²) < 4.78 is 1.24. The zero-order chi connectivity index (χ0) is 13.0. The minimum atomic E-state index is 0.286. The molecule has 0 spiro atoms. The highest BCUT2D eigenvalue weighted by atomic mass is 127. The van der Waals surface area contributed by atoms with E-state index in [1.54, 1.807) is 0 Å². The van der Waals surface area contributed by atoms with E-state index in [1.807, 2.05) is 6.07 Å². The second-order valence-corrected chi connectivity index (χ2v) is 6.50. The molecule has 1 aliphatic carbocycles. The summed E-state index contributed by atoms with van der Waals surface area (Å²) in [6.07, 6.45) is 8.28. The van der Waals surface area contributed by atoms with Crippen LogP contribution in [0.5, 0.6) is 0 Å². The molecule has 0 heterocycles. The summed E-state index contributed by atoms with van der Waals surface area (Å²) in [6, 6.07) is 6.25. The minimum absolute atomic E-state index is 0.286. The quantitative estimate of drug-likeness (QED) is 0.536. The van der Waals surface area contributed by atoms with E-state index in [2.05, 4.69) is 41.6 Å². The predicted octanol–water partition coefficient (Wildman–Crippen LogP) is 5.01. The first-order valence-electron chi connectivity index (χ1n) is 7.05. The highest BCUT2D eigenvalue weighted by molar-refractivity contribution is 14.1. The van der Waals surface area contributed by atoms with Gasteiger partial charge in [0.25, 0.3) is 0 Å². The van der Waals surface area contributed by atoms with Crippen LogP contribution in [0.4, 0.5) is 0 Å². The van der Waals surface area contributed by atoms with E-state index in [0.717, 1.165) is 24.8 Å². The Bertz CT molecular complexity index is 425. The summed E-state index contributed by atoms with van der Waals surface area (Å²) in [6.45, 7) is 2.23. The third kappa shape index (κ3) is 3.34. The van der Waals surface area contributed by atoms with Crippen LogP contribution in [0, 0.1) is 9.49 Å². The molecule has 0 saturated heterocycles. The summed E-state index contributed by atoms with van der Waals surface area (Å²) >= 11 is 2.32. The van der Waals surface area contributed by atoms with Crippen molar-refractivity contribution in [3.63, 3.8) is 0 Å². The van der Waals surface area contributed by atoms with Crippen LogP contribution >= 0.6 is 22.6 Å². The van der Waals surface area contributed by atoms with Gasteiger partial charge in [0, 0.05) is 15.1 Å². The van der Waals surface area contributed by atoms with Gasteiger partial charge in [0.1, 0.15) is 0 Å². The van der Waals surface area contributed by atoms with E-state index in [-0.39, 0.29) is 5.92 Å². The molecule has 1 unspecified atom stereocenters. The normalized spacial score (nSPS) is 18.8. The molecule has 1 atom stereocenters. The number of carbonyl (C=O) groups excluding carboxylic acids is 1. The molecule has 0 radical (unpaired) electrons. The van der Waals surface area contributed by atoms with E-state index in [9.17, 15) is 4.79 Å². The summed E-state index contributed by atoms with van der Waals surface area (Å²) in [5, 5.41) is 0. The highest BCUT2D eigenvalue weighted by Crippen LogP contribution is 2.30. The van der Waals surface area contributed by atoms with Crippen LogP contribution in [-0.2, 0) is 6.42 Å². The fourth-order valence-corrected chi connectivity index (χ4v) is 3.34. The van der Waals surface area contributed by atoms with Crippen molar-refractivity contribution in [1.29, 1.82) is 0 Å². The average molecular weight is 356 g/mol. The van der Waals surface area contributed by atoms with Crippen molar-refractivity contribution in [2.24, 2.45) is 5.92 Å². The molecule has 2 heteroatoms. The fourth-order valence-electron chi connectivity index (χ4n) is 2.78. The van der Waals surface area contributed by atoms with Gasteiger partial charge in [-0.05, 0) is 59.5 Å². The molecule has 1 aliphatic rings. The minimum Gasteiger partial charge on any atom is -0.294 e. The molecular weight excluding hydrogens is 335 g/mol. The van der Waals surface area contributed by atoms with Gasteiger partial charge >= 0.3 is 0 Å². The largest absolute Gasteiger partial charge is 0.294 e. The summed E-state index contributed by atoms with van der Waals surface area (Å²) in [4.78, 5) is 12.4. The van der Waals surface area contributed by atoms with E-state index < -0.39 is 0 Å². The monoisotopic (exact) mass is 356 g/mol. The van der Waals surface area contributed by atoms with E-state index in [1.165, 1.54) is 34.8 Å². The van der Waals surface area contributed by atoms with Crippen LogP contribution in [0.2, 0.25) is 0 Å². The van der Waals surface area contributed by atoms with Crippen LogP contribution in [-0.4, -0.2) is 5.78 Å². The van der Waals surface area contributed by atoms with Crippen molar-refractivity contribution in [3.05, 3.63) is 32.9 Å². The Morgan fingerprint density at radius 3 is 2.89 bits per heavy atom. The topological polar surface area (TPSA) is 17.1 Å². The number of hydrogen-bond donors (Lipinski definition) is 0. The second-order valence-electron chi connectivity index (χ2n) is 5.25. The molecule has 18 heavy (non-hydrogen) atoms. The molecule has 1 aromatic carbocycles. The fraction of sp³-hybridized carbons (Fsp3) is 0.562. The van der Waals surface area contributed by atoms with Gasteiger partial charge in [0.2, 0.25) is 0 Å². The molecule has 0 aliphatic heterocycles. The van der Waals surface area contributed by atoms with Crippen molar-refractivity contribution in [1.82, 2.24) is 0 Å². The Morgan fingerprint density at radius 1 is 1.28 bits per heavy atom. The molecule has 0 bridgehead atoms. The summed E-state index contributed by atoms with van der Waals surface area (Å²) in [7, 11) is 0. The van der Waals surface area contributed by atoms with Gasteiger partial charge in [-0.3, -0.25) is 4.79 Å². The van der Waals surface area contributed by atoms with Crippen LogP contribution in [0.1, 0.15) is 61.4 Å². The first-order valence-corrected chi connectivity index (χ1v) is 8.13. The van der Waals surface area contributed by atoms with E-state index in [0.29, 0.717) is 5.78 Å². The molecule has 0 amide bonds. The lowest BCUT2D eigenvalue weighted by atomic mass is 9.80. The molecule has 0 saturated carbocycles. The number of benzene rings is 1. The Balaban J connectivity index is 1.98. The third-order valence-corrected chi connectivity index (χ3v) is 4.54. The van der Waals surface area contributed by atoms with Gasteiger partial charge in [-0.25, -0.2) is 0 Å².